The molecule has 25 heavy (non-hydrogen) atoms. The van der Waals surface area contributed by atoms with E-state index in [0.717, 1.165) is 44.6 Å². The van der Waals surface area contributed by atoms with Gasteiger partial charge in [0.05, 0.1) is 11.0 Å². The Morgan fingerprint density at radius 2 is 1.68 bits per heavy atom. The van der Waals surface area contributed by atoms with E-state index in [9.17, 15) is 10.1 Å². The lowest BCUT2D eigenvalue weighted by molar-refractivity contribution is -0.384. The van der Waals surface area contributed by atoms with Crippen LogP contribution >= 0.6 is 0 Å². The molecule has 3 rings (SSSR count). The Hall–Kier alpha value is -2.24. The molecular formula is C20H24N2O3. The first-order valence-corrected chi connectivity index (χ1v) is 8.73. The first kappa shape index (κ1) is 17.6. The van der Waals surface area contributed by atoms with Crippen LogP contribution < -0.4 is 0 Å². The van der Waals surface area contributed by atoms with Crippen LogP contribution in [-0.4, -0.2) is 29.1 Å². The van der Waals surface area contributed by atoms with Crippen molar-refractivity contribution in [3.63, 3.8) is 0 Å². The minimum atomic E-state index is -0.361. The molecule has 0 amide bonds. The number of hydrogen-bond donors (Lipinski definition) is 0. The van der Waals surface area contributed by atoms with Crippen molar-refractivity contribution in [1.82, 2.24) is 4.90 Å². The molecule has 1 aliphatic heterocycles. The number of rotatable bonds is 7. The molecule has 0 aromatic heterocycles. The van der Waals surface area contributed by atoms with Gasteiger partial charge in [-0.25, -0.2) is 0 Å². The third-order valence-corrected chi connectivity index (χ3v) is 4.57. The third kappa shape index (κ3) is 5.11. The Bertz CT molecular complexity index is 692. The maximum atomic E-state index is 10.8. The number of hydrogen-bond acceptors (Lipinski definition) is 4. The second-order valence-electron chi connectivity index (χ2n) is 6.71. The van der Waals surface area contributed by atoms with Crippen molar-refractivity contribution >= 4 is 5.69 Å². The second kappa shape index (κ2) is 8.23. The molecule has 5 nitrogen and oxygen atoms in total. The van der Waals surface area contributed by atoms with Gasteiger partial charge >= 0.3 is 0 Å². The summed E-state index contributed by atoms with van der Waals surface area (Å²) in [4.78, 5) is 12.8. The summed E-state index contributed by atoms with van der Waals surface area (Å²) >= 11 is 0. The topological polar surface area (TPSA) is 55.6 Å². The second-order valence-corrected chi connectivity index (χ2v) is 6.71. The van der Waals surface area contributed by atoms with Crippen LogP contribution in [0.1, 0.15) is 29.5 Å². The first-order chi connectivity index (χ1) is 12.1. The molecular weight excluding hydrogens is 316 g/mol. The van der Waals surface area contributed by atoms with E-state index in [4.69, 9.17) is 4.74 Å². The van der Waals surface area contributed by atoms with Crippen molar-refractivity contribution in [1.29, 1.82) is 0 Å². The van der Waals surface area contributed by atoms with Gasteiger partial charge in [0.15, 0.2) is 0 Å². The summed E-state index contributed by atoms with van der Waals surface area (Å²) in [5.74, 6) is 0. The Morgan fingerprint density at radius 3 is 2.20 bits per heavy atom. The summed E-state index contributed by atoms with van der Waals surface area (Å²) in [5.41, 5.74) is 3.74. The molecule has 1 aliphatic rings. The van der Waals surface area contributed by atoms with Gasteiger partial charge in [-0.15, -0.1) is 0 Å². The van der Waals surface area contributed by atoms with Gasteiger partial charge < -0.3 is 4.74 Å². The molecule has 5 heteroatoms. The molecule has 132 valence electrons. The highest BCUT2D eigenvalue weighted by Crippen LogP contribution is 2.19. The van der Waals surface area contributed by atoms with Crippen LogP contribution in [0.25, 0.3) is 0 Å². The molecule has 0 bridgehead atoms. The van der Waals surface area contributed by atoms with E-state index in [1.165, 1.54) is 11.1 Å². The Balaban J connectivity index is 1.70. The zero-order valence-corrected chi connectivity index (χ0v) is 14.6. The molecule has 0 aliphatic carbocycles. The lowest BCUT2D eigenvalue weighted by Gasteiger charge is -2.25. The van der Waals surface area contributed by atoms with Crippen molar-refractivity contribution in [2.24, 2.45) is 0 Å². The van der Waals surface area contributed by atoms with Gasteiger partial charge in [-0.1, -0.05) is 42.0 Å². The molecule has 1 fully saturated rings. The van der Waals surface area contributed by atoms with E-state index in [1.807, 2.05) is 12.1 Å². The summed E-state index contributed by atoms with van der Waals surface area (Å²) in [6.07, 6.45) is 2.51. The van der Waals surface area contributed by atoms with Gasteiger partial charge in [0, 0.05) is 38.4 Å². The highest BCUT2D eigenvalue weighted by molar-refractivity contribution is 5.33. The Kier molecular flexibility index (Phi) is 5.79. The van der Waals surface area contributed by atoms with Gasteiger partial charge in [0.25, 0.3) is 5.69 Å². The van der Waals surface area contributed by atoms with Gasteiger partial charge in [-0.05, 0) is 30.9 Å². The van der Waals surface area contributed by atoms with Crippen molar-refractivity contribution in [2.45, 2.75) is 39.0 Å². The number of non-ortho nitro benzene ring substituents is 1. The number of ether oxygens (including phenoxy) is 1. The summed E-state index contributed by atoms with van der Waals surface area (Å²) in [6.45, 7) is 5.42. The molecule has 0 N–H and O–H groups in total. The van der Waals surface area contributed by atoms with Gasteiger partial charge in [0.2, 0.25) is 0 Å². The highest BCUT2D eigenvalue weighted by atomic mass is 16.6. The minimum Gasteiger partial charge on any atom is -0.377 e. The molecule has 2 aromatic carbocycles. The number of benzene rings is 2. The monoisotopic (exact) mass is 340 g/mol. The average Bonchev–Trinajstić information content (AvgIpc) is 3.10. The molecule has 1 atom stereocenters. The maximum Gasteiger partial charge on any atom is 0.269 e. The summed E-state index contributed by atoms with van der Waals surface area (Å²) in [6, 6.07) is 15.4. The number of nitro benzene ring substituents is 1. The van der Waals surface area contributed by atoms with E-state index in [0.29, 0.717) is 0 Å². The Labute approximate surface area is 148 Å². The van der Waals surface area contributed by atoms with Gasteiger partial charge in [-0.2, -0.15) is 0 Å². The lowest BCUT2D eigenvalue weighted by atomic mass is 10.1. The zero-order chi connectivity index (χ0) is 17.6. The van der Waals surface area contributed by atoms with Crippen LogP contribution in [0.2, 0.25) is 0 Å². The van der Waals surface area contributed by atoms with E-state index in [-0.39, 0.29) is 16.7 Å². The van der Waals surface area contributed by atoms with Crippen LogP contribution in [0.3, 0.4) is 0 Å². The van der Waals surface area contributed by atoms with Crippen LogP contribution in [-0.2, 0) is 17.8 Å². The van der Waals surface area contributed by atoms with Crippen LogP contribution in [0.4, 0.5) is 5.69 Å². The third-order valence-electron chi connectivity index (χ3n) is 4.57. The van der Waals surface area contributed by atoms with E-state index >= 15 is 0 Å². The maximum absolute atomic E-state index is 10.8. The molecule has 2 aromatic rings. The molecule has 0 spiro atoms. The lowest BCUT2D eigenvalue weighted by Crippen LogP contribution is -2.31. The van der Waals surface area contributed by atoms with Crippen LogP contribution in [0, 0.1) is 17.0 Å². The SMILES string of the molecule is Cc1ccc(CN(Cc2ccc([N+](=O)[O-])cc2)CC2CCCO2)cc1. The predicted molar refractivity (Wildman–Crippen MR) is 97.4 cm³/mol. The van der Waals surface area contributed by atoms with Crippen molar-refractivity contribution in [2.75, 3.05) is 13.2 Å². The number of nitrogens with zero attached hydrogens (tertiary/aromatic N) is 2. The average molecular weight is 340 g/mol. The van der Waals surface area contributed by atoms with E-state index < -0.39 is 0 Å². The molecule has 1 unspecified atom stereocenters. The van der Waals surface area contributed by atoms with Crippen LogP contribution in [0.15, 0.2) is 48.5 Å². The van der Waals surface area contributed by atoms with Crippen molar-refractivity contribution < 1.29 is 9.66 Å². The fourth-order valence-electron chi connectivity index (χ4n) is 3.19. The fourth-order valence-corrected chi connectivity index (χ4v) is 3.19. The molecule has 0 radical (unpaired) electrons. The van der Waals surface area contributed by atoms with Gasteiger partial charge in [0.1, 0.15) is 0 Å². The predicted octanol–water partition coefficient (Wildman–Crippen LogP) is 4.08. The molecule has 0 saturated carbocycles. The summed E-state index contributed by atoms with van der Waals surface area (Å²) in [5, 5.41) is 10.8. The fraction of sp³-hybridized carbons (Fsp3) is 0.400. The number of nitro groups is 1. The zero-order valence-electron chi connectivity index (χ0n) is 14.6. The minimum absolute atomic E-state index is 0.132. The van der Waals surface area contributed by atoms with Crippen LogP contribution in [0.5, 0.6) is 0 Å². The van der Waals surface area contributed by atoms with E-state index in [1.54, 1.807) is 12.1 Å². The standard InChI is InChI=1S/C20H24N2O3/c1-16-4-6-17(7-5-16)13-21(15-20-3-2-12-25-20)14-18-8-10-19(11-9-18)22(23)24/h4-11,20H,2-3,12-15H2,1H3. The largest absolute Gasteiger partial charge is 0.377 e. The summed E-state index contributed by atoms with van der Waals surface area (Å²) < 4.78 is 5.80. The molecule has 1 heterocycles. The smallest absolute Gasteiger partial charge is 0.269 e. The van der Waals surface area contributed by atoms with Crippen molar-refractivity contribution in [3.05, 3.63) is 75.3 Å². The molecule has 1 saturated heterocycles. The summed E-state index contributed by atoms with van der Waals surface area (Å²) in [7, 11) is 0. The van der Waals surface area contributed by atoms with Gasteiger partial charge in [-0.3, -0.25) is 15.0 Å². The normalized spacial score (nSPS) is 17.1. The first-order valence-electron chi connectivity index (χ1n) is 8.73. The Morgan fingerprint density at radius 1 is 1.08 bits per heavy atom. The quantitative estimate of drug-likeness (QED) is 0.563. The highest BCUT2D eigenvalue weighted by Gasteiger charge is 2.20. The van der Waals surface area contributed by atoms with E-state index in [2.05, 4.69) is 36.1 Å². The van der Waals surface area contributed by atoms with Crippen molar-refractivity contribution in [3.8, 4) is 0 Å². The number of aryl methyl sites for hydroxylation is 1.